The van der Waals surface area contributed by atoms with Crippen LogP contribution < -0.4 is 10.5 Å². The van der Waals surface area contributed by atoms with Crippen molar-refractivity contribution in [2.75, 3.05) is 13.7 Å². The van der Waals surface area contributed by atoms with Crippen LogP contribution in [0.3, 0.4) is 0 Å². The van der Waals surface area contributed by atoms with E-state index in [-0.39, 0.29) is 18.5 Å². The molecule has 0 heterocycles. The number of hydrogen-bond donors (Lipinski definition) is 2. The topological polar surface area (TPSA) is 55.5 Å². The fraction of sp³-hybridized carbons (Fsp3) is 0.455. The molecule has 4 heteroatoms. The lowest BCUT2D eigenvalue weighted by molar-refractivity contribution is 0.0440. The summed E-state index contributed by atoms with van der Waals surface area (Å²) in [4.78, 5) is 0. The molecule has 1 rings (SSSR count). The SMILES string of the molecule is COc1cccc(F)c1C(C)(O)CCN. The van der Waals surface area contributed by atoms with Gasteiger partial charge in [-0.25, -0.2) is 4.39 Å². The second-order valence-electron chi connectivity index (χ2n) is 3.63. The van der Waals surface area contributed by atoms with Crippen molar-refractivity contribution in [2.24, 2.45) is 5.73 Å². The first kappa shape index (κ1) is 11.9. The van der Waals surface area contributed by atoms with Crippen LogP contribution in [0.1, 0.15) is 18.9 Å². The number of halogens is 1. The Morgan fingerprint density at radius 3 is 2.73 bits per heavy atom. The summed E-state index contributed by atoms with van der Waals surface area (Å²) < 4.78 is 18.6. The number of hydrogen-bond acceptors (Lipinski definition) is 3. The predicted molar refractivity (Wildman–Crippen MR) is 56.2 cm³/mol. The van der Waals surface area contributed by atoms with Gasteiger partial charge >= 0.3 is 0 Å². The second-order valence-corrected chi connectivity index (χ2v) is 3.63. The van der Waals surface area contributed by atoms with Crippen molar-refractivity contribution in [2.45, 2.75) is 18.9 Å². The van der Waals surface area contributed by atoms with E-state index in [9.17, 15) is 9.50 Å². The normalized spacial score (nSPS) is 14.7. The number of methoxy groups -OCH3 is 1. The number of aliphatic hydroxyl groups is 1. The van der Waals surface area contributed by atoms with Crippen molar-refractivity contribution in [1.82, 2.24) is 0 Å². The minimum atomic E-state index is -1.30. The zero-order chi connectivity index (χ0) is 11.5. The Bertz CT molecular complexity index is 339. The third kappa shape index (κ3) is 2.46. The monoisotopic (exact) mass is 213 g/mol. The van der Waals surface area contributed by atoms with Crippen LogP contribution in [-0.4, -0.2) is 18.8 Å². The molecule has 1 aromatic carbocycles. The number of ether oxygens (including phenoxy) is 1. The molecule has 0 radical (unpaired) electrons. The van der Waals surface area contributed by atoms with Crippen molar-refractivity contribution in [3.8, 4) is 5.75 Å². The molecular weight excluding hydrogens is 197 g/mol. The summed E-state index contributed by atoms with van der Waals surface area (Å²) in [6, 6.07) is 4.45. The number of benzene rings is 1. The standard InChI is InChI=1S/C11H16FNO2/c1-11(14,6-7-13)10-8(12)4-3-5-9(10)15-2/h3-5,14H,6-7,13H2,1-2H3. The summed E-state index contributed by atoms with van der Waals surface area (Å²) in [6.45, 7) is 1.81. The molecule has 84 valence electrons. The maximum atomic E-state index is 13.6. The van der Waals surface area contributed by atoms with Crippen LogP contribution in [0, 0.1) is 5.82 Å². The van der Waals surface area contributed by atoms with Gasteiger partial charge in [0.05, 0.1) is 18.3 Å². The molecule has 0 bridgehead atoms. The largest absolute Gasteiger partial charge is 0.496 e. The first-order valence-electron chi connectivity index (χ1n) is 4.78. The number of rotatable bonds is 4. The average molecular weight is 213 g/mol. The highest BCUT2D eigenvalue weighted by Gasteiger charge is 2.29. The highest BCUT2D eigenvalue weighted by atomic mass is 19.1. The Balaban J connectivity index is 3.21. The lowest BCUT2D eigenvalue weighted by atomic mass is 9.91. The van der Waals surface area contributed by atoms with E-state index in [1.165, 1.54) is 26.2 Å². The van der Waals surface area contributed by atoms with Crippen LogP contribution in [0.25, 0.3) is 0 Å². The van der Waals surface area contributed by atoms with Crippen molar-refractivity contribution < 1.29 is 14.2 Å². The average Bonchev–Trinajstić information content (AvgIpc) is 2.16. The van der Waals surface area contributed by atoms with Crippen molar-refractivity contribution in [1.29, 1.82) is 0 Å². The smallest absolute Gasteiger partial charge is 0.133 e. The summed E-state index contributed by atoms with van der Waals surface area (Å²) >= 11 is 0. The van der Waals surface area contributed by atoms with Crippen molar-refractivity contribution >= 4 is 0 Å². The zero-order valence-corrected chi connectivity index (χ0v) is 8.96. The van der Waals surface area contributed by atoms with E-state index in [4.69, 9.17) is 10.5 Å². The number of nitrogens with two attached hydrogens (primary N) is 1. The molecular formula is C11H16FNO2. The molecule has 0 fully saturated rings. The van der Waals surface area contributed by atoms with Gasteiger partial charge in [0.1, 0.15) is 11.6 Å². The van der Waals surface area contributed by atoms with Gasteiger partial charge in [0.25, 0.3) is 0 Å². The predicted octanol–water partition coefficient (Wildman–Crippen LogP) is 1.39. The molecule has 0 aliphatic rings. The Morgan fingerprint density at radius 2 is 2.20 bits per heavy atom. The molecule has 3 N–H and O–H groups in total. The fourth-order valence-electron chi connectivity index (χ4n) is 1.60. The lowest BCUT2D eigenvalue weighted by Gasteiger charge is -2.25. The van der Waals surface area contributed by atoms with E-state index in [0.717, 1.165) is 0 Å². The van der Waals surface area contributed by atoms with Gasteiger partial charge in [0, 0.05) is 0 Å². The van der Waals surface area contributed by atoms with Gasteiger partial charge in [-0.1, -0.05) is 6.07 Å². The molecule has 1 unspecified atom stereocenters. The third-order valence-corrected chi connectivity index (χ3v) is 2.37. The summed E-state index contributed by atoms with van der Waals surface area (Å²) in [5.74, 6) is -0.138. The summed E-state index contributed by atoms with van der Waals surface area (Å²) in [5.41, 5.74) is 4.23. The van der Waals surface area contributed by atoms with Crippen LogP contribution in [0.2, 0.25) is 0 Å². The van der Waals surface area contributed by atoms with Gasteiger partial charge in [0.15, 0.2) is 0 Å². The summed E-state index contributed by atoms with van der Waals surface area (Å²) in [5, 5.41) is 10.1. The van der Waals surface area contributed by atoms with Crippen LogP contribution in [-0.2, 0) is 5.60 Å². The van der Waals surface area contributed by atoms with Crippen molar-refractivity contribution in [3.05, 3.63) is 29.6 Å². The molecule has 0 spiro atoms. The quantitative estimate of drug-likeness (QED) is 0.794. The highest BCUT2D eigenvalue weighted by molar-refractivity contribution is 5.38. The van der Waals surface area contributed by atoms with Crippen LogP contribution >= 0.6 is 0 Å². The van der Waals surface area contributed by atoms with Gasteiger partial charge in [-0.2, -0.15) is 0 Å². The fourth-order valence-corrected chi connectivity index (χ4v) is 1.60. The van der Waals surface area contributed by atoms with Crippen LogP contribution in [0.15, 0.2) is 18.2 Å². The summed E-state index contributed by atoms with van der Waals surface area (Å²) in [6.07, 6.45) is 0.282. The molecule has 3 nitrogen and oxygen atoms in total. The van der Waals surface area contributed by atoms with E-state index >= 15 is 0 Å². The molecule has 0 aliphatic carbocycles. The van der Waals surface area contributed by atoms with Crippen LogP contribution in [0.4, 0.5) is 4.39 Å². The zero-order valence-electron chi connectivity index (χ0n) is 8.96. The molecule has 0 amide bonds. The van der Waals surface area contributed by atoms with Crippen molar-refractivity contribution in [3.63, 3.8) is 0 Å². The van der Waals surface area contributed by atoms with E-state index in [0.29, 0.717) is 5.75 Å². The van der Waals surface area contributed by atoms with Gasteiger partial charge < -0.3 is 15.6 Å². The van der Waals surface area contributed by atoms with E-state index < -0.39 is 11.4 Å². The maximum Gasteiger partial charge on any atom is 0.133 e. The minimum Gasteiger partial charge on any atom is -0.496 e. The van der Waals surface area contributed by atoms with E-state index in [1.807, 2.05) is 0 Å². The first-order valence-corrected chi connectivity index (χ1v) is 4.78. The van der Waals surface area contributed by atoms with E-state index in [2.05, 4.69) is 0 Å². The molecule has 1 atom stereocenters. The first-order chi connectivity index (χ1) is 7.03. The molecule has 0 saturated heterocycles. The van der Waals surface area contributed by atoms with Gasteiger partial charge in [0.2, 0.25) is 0 Å². The van der Waals surface area contributed by atoms with Gasteiger partial charge in [-0.15, -0.1) is 0 Å². The van der Waals surface area contributed by atoms with Crippen LogP contribution in [0.5, 0.6) is 5.75 Å². The minimum absolute atomic E-state index is 0.165. The van der Waals surface area contributed by atoms with Gasteiger partial charge in [-0.3, -0.25) is 0 Å². The lowest BCUT2D eigenvalue weighted by Crippen LogP contribution is -2.27. The second kappa shape index (κ2) is 4.59. The molecule has 0 aliphatic heterocycles. The Morgan fingerprint density at radius 1 is 1.53 bits per heavy atom. The Kier molecular flexibility index (Phi) is 3.66. The molecule has 0 aromatic heterocycles. The third-order valence-electron chi connectivity index (χ3n) is 2.37. The maximum absolute atomic E-state index is 13.6. The highest BCUT2D eigenvalue weighted by Crippen LogP contribution is 2.33. The molecule has 0 saturated carbocycles. The molecule has 1 aromatic rings. The summed E-state index contributed by atoms with van der Waals surface area (Å²) in [7, 11) is 1.44. The Labute approximate surface area is 88.7 Å². The Hall–Kier alpha value is -1.13. The van der Waals surface area contributed by atoms with Gasteiger partial charge in [-0.05, 0) is 32.0 Å². The molecule has 15 heavy (non-hydrogen) atoms. The van der Waals surface area contributed by atoms with E-state index in [1.54, 1.807) is 6.07 Å².